The van der Waals surface area contributed by atoms with Gasteiger partial charge in [-0.2, -0.15) is 0 Å². The summed E-state index contributed by atoms with van der Waals surface area (Å²) in [7, 11) is 1.33. The van der Waals surface area contributed by atoms with Crippen LogP contribution in [0.4, 0.5) is 5.69 Å². The first kappa shape index (κ1) is 20.6. The third kappa shape index (κ3) is 4.45. The van der Waals surface area contributed by atoms with Crippen molar-refractivity contribution in [1.82, 2.24) is 9.97 Å². The number of hydrogen-bond donors (Lipinski definition) is 2. The molecule has 3 N–H and O–H groups in total. The van der Waals surface area contributed by atoms with Gasteiger partial charge in [-0.25, -0.2) is 9.97 Å². The van der Waals surface area contributed by atoms with Gasteiger partial charge in [0.15, 0.2) is 0 Å². The Labute approximate surface area is 182 Å². The molecular formula is C23H20N4O3S. The van der Waals surface area contributed by atoms with Crippen LogP contribution in [-0.4, -0.2) is 29.0 Å². The Bertz CT molecular complexity index is 1270. The van der Waals surface area contributed by atoms with Crippen molar-refractivity contribution >= 4 is 39.1 Å². The molecule has 31 heavy (non-hydrogen) atoms. The second-order valence-corrected chi connectivity index (χ2v) is 7.70. The number of nitrogens with two attached hydrogens (primary N) is 1. The highest BCUT2D eigenvalue weighted by molar-refractivity contribution is 7.16. The van der Waals surface area contributed by atoms with E-state index in [1.165, 1.54) is 18.4 Å². The molecule has 0 aliphatic carbocycles. The largest absolute Gasteiger partial charge is 0.469 e. The molecule has 0 unspecified atom stereocenters. The van der Waals surface area contributed by atoms with Crippen molar-refractivity contribution < 1.29 is 14.3 Å². The van der Waals surface area contributed by atoms with Crippen LogP contribution in [0, 0.1) is 0 Å². The number of carbonyl (C=O) groups is 2. The summed E-state index contributed by atoms with van der Waals surface area (Å²) in [4.78, 5) is 34.5. The third-order valence-electron chi connectivity index (χ3n) is 4.79. The normalized spacial score (nSPS) is 10.8. The zero-order chi connectivity index (χ0) is 21.8. The maximum atomic E-state index is 13.0. The molecule has 7 nitrogen and oxygen atoms in total. The Hall–Kier alpha value is -3.62. The molecule has 0 fully saturated rings. The Morgan fingerprint density at radius 3 is 2.74 bits per heavy atom. The first-order chi connectivity index (χ1) is 15.1. The molecule has 0 bridgehead atoms. The second-order valence-electron chi connectivity index (χ2n) is 6.80. The number of benzene rings is 2. The summed E-state index contributed by atoms with van der Waals surface area (Å²) in [5.41, 5.74) is 9.47. The number of methoxy groups -OCH3 is 1. The molecule has 0 atom stereocenters. The zero-order valence-electron chi connectivity index (χ0n) is 16.8. The summed E-state index contributed by atoms with van der Waals surface area (Å²) in [6, 6.07) is 16.8. The molecule has 0 saturated heterocycles. The number of esters is 1. The average molecular weight is 433 g/mol. The summed E-state index contributed by atoms with van der Waals surface area (Å²) in [5.74, 6) is -0.792. The van der Waals surface area contributed by atoms with Crippen molar-refractivity contribution in [2.24, 2.45) is 5.73 Å². The number of anilines is 1. The van der Waals surface area contributed by atoms with Crippen LogP contribution in [0.2, 0.25) is 0 Å². The van der Waals surface area contributed by atoms with E-state index in [4.69, 9.17) is 10.5 Å². The molecule has 0 spiro atoms. The van der Waals surface area contributed by atoms with E-state index in [-0.39, 0.29) is 18.2 Å². The molecule has 8 heteroatoms. The molecule has 4 aromatic rings. The van der Waals surface area contributed by atoms with Crippen LogP contribution >= 0.6 is 11.3 Å². The van der Waals surface area contributed by atoms with Crippen LogP contribution in [-0.2, 0) is 22.5 Å². The maximum Gasteiger partial charge on any atom is 0.310 e. The fraction of sp³-hybridized carbons (Fsp3) is 0.130. The first-order valence-corrected chi connectivity index (χ1v) is 10.5. The van der Waals surface area contributed by atoms with Gasteiger partial charge in [0.25, 0.3) is 5.91 Å². The second kappa shape index (κ2) is 9.03. The molecule has 0 aliphatic rings. The number of rotatable bonds is 6. The lowest BCUT2D eigenvalue weighted by molar-refractivity contribution is -0.139. The van der Waals surface area contributed by atoms with E-state index < -0.39 is 5.91 Å². The van der Waals surface area contributed by atoms with Gasteiger partial charge < -0.3 is 15.8 Å². The fourth-order valence-corrected chi connectivity index (χ4v) is 3.99. The minimum atomic E-state index is -0.455. The number of nitrogens with zero attached hydrogens (tertiary/aromatic N) is 2. The number of fused-ring (bicyclic) bond motifs is 1. The van der Waals surface area contributed by atoms with Crippen molar-refractivity contribution in [3.05, 3.63) is 76.9 Å². The van der Waals surface area contributed by atoms with Crippen molar-refractivity contribution in [3.8, 4) is 11.3 Å². The Morgan fingerprint density at radius 1 is 1.10 bits per heavy atom. The van der Waals surface area contributed by atoms with Crippen LogP contribution in [0.1, 0.15) is 21.7 Å². The van der Waals surface area contributed by atoms with Gasteiger partial charge in [0.05, 0.1) is 19.2 Å². The summed E-state index contributed by atoms with van der Waals surface area (Å²) < 4.78 is 4.74. The maximum absolute atomic E-state index is 13.0. The van der Waals surface area contributed by atoms with Crippen LogP contribution in [0.25, 0.3) is 21.5 Å². The number of nitrogens with one attached hydrogen (secondary N) is 1. The van der Waals surface area contributed by atoms with Gasteiger partial charge in [-0.05, 0) is 34.7 Å². The van der Waals surface area contributed by atoms with E-state index in [9.17, 15) is 9.59 Å². The molecule has 2 aromatic carbocycles. The number of para-hydroxylation sites is 1. The molecule has 2 aromatic heterocycles. The van der Waals surface area contributed by atoms with Crippen molar-refractivity contribution in [1.29, 1.82) is 0 Å². The van der Waals surface area contributed by atoms with Gasteiger partial charge in [0, 0.05) is 23.2 Å². The van der Waals surface area contributed by atoms with Gasteiger partial charge in [0.2, 0.25) is 5.82 Å². The number of ether oxygens (including phenoxy) is 1. The lowest BCUT2D eigenvalue weighted by atomic mass is 10.1. The molecule has 156 valence electrons. The van der Waals surface area contributed by atoms with E-state index in [2.05, 4.69) is 15.3 Å². The highest BCUT2D eigenvalue weighted by atomic mass is 32.1. The van der Waals surface area contributed by atoms with E-state index >= 15 is 0 Å². The van der Waals surface area contributed by atoms with Crippen LogP contribution < -0.4 is 11.1 Å². The topological polar surface area (TPSA) is 107 Å². The molecule has 2 heterocycles. The van der Waals surface area contributed by atoms with Crippen molar-refractivity contribution in [3.63, 3.8) is 0 Å². The highest BCUT2D eigenvalue weighted by Gasteiger charge is 2.18. The number of amides is 1. The lowest BCUT2D eigenvalue weighted by Crippen LogP contribution is -2.18. The monoisotopic (exact) mass is 432 g/mol. The van der Waals surface area contributed by atoms with Crippen LogP contribution in [0.15, 0.2) is 60.0 Å². The fourth-order valence-electron chi connectivity index (χ4n) is 3.22. The van der Waals surface area contributed by atoms with E-state index in [0.29, 0.717) is 23.5 Å². The van der Waals surface area contributed by atoms with Crippen LogP contribution in [0.5, 0.6) is 0 Å². The van der Waals surface area contributed by atoms with Crippen molar-refractivity contribution in [2.75, 3.05) is 12.4 Å². The Balaban J connectivity index is 1.71. The quantitative estimate of drug-likeness (QED) is 0.449. The van der Waals surface area contributed by atoms with Gasteiger partial charge >= 0.3 is 5.97 Å². The summed E-state index contributed by atoms with van der Waals surface area (Å²) in [6.07, 6.45) is 0.0505. The van der Waals surface area contributed by atoms with E-state index in [1.54, 1.807) is 24.3 Å². The number of thiophene rings is 1. The Kier molecular flexibility index (Phi) is 6.01. The SMILES string of the molecule is COC(=O)Cc1ccccc1NC(=O)c1nc(-c2cccc(CN)c2)c2ccsc2n1. The predicted octanol–water partition coefficient (Wildman–Crippen LogP) is 3.78. The summed E-state index contributed by atoms with van der Waals surface area (Å²) >= 11 is 1.44. The first-order valence-electron chi connectivity index (χ1n) is 9.59. The lowest BCUT2D eigenvalue weighted by Gasteiger charge is -2.11. The summed E-state index contributed by atoms with van der Waals surface area (Å²) in [5, 5.41) is 5.62. The third-order valence-corrected chi connectivity index (χ3v) is 5.60. The number of carbonyl (C=O) groups excluding carboxylic acids is 2. The Morgan fingerprint density at radius 2 is 1.94 bits per heavy atom. The molecule has 1 amide bonds. The van der Waals surface area contributed by atoms with E-state index in [0.717, 1.165) is 21.3 Å². The van der Waals surface area contributed by atoms with Gasteiger partial charge in [-0.15, -0.1) is 11.3 Å². The standard InChI is InChI=1S/C23H20N4O3S/c1-30-19(28)12-15-6-2-3-8-18(15)25-22(29)21-26-20(17-9-10-31-23(17)27-21)16-7-4-5-14(11-16)13-24/h2-11H,12-13,24H2,1H3,(H,25,29). The minimum absolute atomic E-state index is 0.0505. The predicted molar refractivity (Wildman–Crippen MR) is 121 cm³/mol. The van der Waals surface area contributed by atoms with Crippen molar-refractivity contribution in [2.45, 2.75) is 13.0 Å². The molecule has 0 saturated carbocycles. The average Bonchev–Trinajstić information content (AvgIpc) is 3.28. The van der Waals surface area contributed by atoms with Crippen LogP contribution in [0.3, 0.4) is 0 Å². The van der Waals surface area contributed by atoms with Gasteiger partial charge in [-0.1, -0.05) is 36.4 Å². The molecular weight excluding hydrogens is 412 g/mol. The zero-order valence-corrected chi connectivity index (χ0v) is 17.6. The molecule has 0 aliphatic heterocycles. The molecule has 0 radical (unpaired) electrons. The smallest absolute Gasteiger partial charge is 0.310 e. The highest BCUT2D eigenvalue weighted by Crippen LogP contribution is 2.30. The number of aromatic nitrogens is 2. The van der Waals surface area contributed by atoms with Gasteiger partial charge in [0.1, 0.15) is 4.83 Å². The van der Waals surface area contributed by atoms with Gasteiger partial charge in [-0.3, -0.25) is 9.59 Å². The minimum Gasteiger partial charge on any atom is -0.469 e. The molecule has 4 rings (SSSR count). The van der Waals surface area contributed by atoms with E-state index in [1.807, 2.05) is 35.7 Å². The summed E-state index contributed by atoms with van der Waals surface area (Å²) in [6.45, 7) is 0.413. The number of hydrogen-bond acceptors (Lipinski definition) is 7.